The van der Waals surface area contributed by atoms with Gasteiger partial charge in [0.2, 0.25) is 0 Å². The van der Waals surface area contributed by atoms with Gasteiger partial charge in [0.05, 0.1) is 5.69 Å². The zero-order valence-electron chi connectivity index (χ0n) is 9.89. The maximum atomic E-state index is 11.1. The molecular formula is C14H14N2O2. The fourth-order valence-electron chi connectivity index (χ4n) is 1.80. The van der Waals surface area contributed by atoms with Gasteiger partial charge >= 0.3 is 5.97 Å². The predicted molar refractivity (Wildman–Crippen MR) is 68.7 cm³/mol. The van der Waals surface area contributed by atoms with Gasteiger partial charge in [0.1, 0.15) is 5.82 Å². The second kappa shape index (κ2) is 5.31. The lowest BCUT2D eigenvalue weighted by Gasteiger charge is -1.99. The Morgan fingerprint density at radius 3 is 2.72 bits per heavy atom. The third kappa shape index (κ3) is 2.66. The van der Waals surface area contributed by atoms with E-state index in [9.17, 15) is 4.79 Å². The molecule has 0 atom stereocenters. The number of allylic oxidation sites excluding steroid dienone is 1. The summed E-state index contributed by atoms with van der Waals surface area (Å²) in [5, 5.41) is 9.12. The van der Waals surface area contributed by atoms with Crippen molar-refractivity contribution in [3.8, 4) is 0 Å². The molecule has 1 heterocycles. The highest BCUT2D eigenvalue weighted by Gasteiger charge is 2.16. The number of aromatic amines is 1. The highest BCUT2D eigenvalue weighted by molar-refractivity contribution is 5.86. The normalized spacial score (nSPS) is 10.2. The van der Waals surface area contributed by atoms with Crippen LogP contribution in [0.25, 0.3) is 0 Å². The minimum Gasteiger partial charge on any atom is -0.476 e. The predicted octanol–water partition coefficient (Wildman–Crippen LogP) is 2.43. The molecule has 4 nitrogen and oxygen atoms in total. The Morgan fingerprint density at radius 2 is 2.11 bits per heavy atom. The largest absolute Gasteiger partial charge is 0.476 e. The summed E-state index contributed by atoms with van der Waals surface area (Å²) in [6.45, 7) is 3.62. The molecule has 2 rings (SSSR count). The van der Waals surface area contributed by atoms with E-state index < -0.39 is 5.97 Å². The number of hydrogen-bond donors (Lipinski definition) is 2. The number of H-pyrrole nitrogens is 1. The number of aromatic carboxylic acids is 1. The number of nitrogens with one attached hydrogen (secondary N) is 1. The van der Waals surface area contributed by atoms with E-state index in [1.807, 2.05) is 30.3 Å². The van der Waals surface area contributed by atoms with Gasteiger partial charge in [-0.05, 0) is 5.56 Å². The highest BCUT2D eigenvalue weighted by Crippen LogP contribution is 2.13. The maximum Gasteiger partial charge on any atom is 0.356 e. The first-order valence-corrected chi connectivity index (χ1v) is 5.66. The van der Waals surface area contributed by atoms with Crippen LogP contribution < -0.4 is 0 Å². The molecule has 1 aromatic carbocycles. The first kappa shape index (κ1) is 12.1. The van der Waals surface area contributed by atoms with Crippen molar-refractivity contribution in [2.75, 3.05) is 0 Å². The summed E-state index contributed by atoms with van der Waals surface area (Å²) in [7, 11) is 0. The lowest BCUT2D eigenvalue weighted by Crippen LogP contribution is -2.02. The minimum atomic E-state index is -1.01. The van der Waals surface area contributed by atoms with Crippen LogP contribution in [0.5, 0.6) is 0 Å². The van der Waals surface area contributed by atoms with Gasteiger partial charge in [-0.1, -0.05) is 36.4 Å². The molecule has 1 aromatic heterocycles. The molecule has 0 amide bonds. The molecule has 0 saturated carbocycles. The Kier molecular flexibility index (Phi) is 3.57. The van der Waals surface area contributed by atoms with Gasteiger partial charge in [-0.3, -0.25) is 0 Å². The van der Waals surface area contributed by atoms with Crippen LogP contribution in [0.4, 0.5) is 0 Å². The molecule has 2 aromatic rings. The SMILES string of the molecule is C=CCc1nc(C(=O)O)c(Cc2ccccc2)[nH]1. The van der Waals surface area contributed by atoms with Crippen molar-refractivity contribution in [2.45, 2.75) is 12.8 Å². The molecule has 0 unspecified atom stereocenters. The van der Waals surface area contributed by atoms with Crippen molar-refractivity contribution in [1.29, 1.82) is 0 Å². The number of rotatable bonds is 5. The summed E-state index contributed by atoms with van der Waals surface area (Å²) >= 11 is 0. The summed E-state index contributed by atoms with van der Waals surface area (Å²) in [4.78, 5) is 18.2. The number of aromatic nitrogens is 2. The fraction of sp³-hybridized carbons (Fsp3) is 0.143. The number of carboxylic acids is 1. The first-order chi connectivity index (χ1) is 8.70. The van der Waals surface area contributed by atoms with Crippen molar-refractivity contribution in [3.63, 3.8) is 0 Å². The van der Waals surface area contributed by atoms with Crippen LogP contribution in [0.2, 0.25) is 0 Å². The molecule has 92 valence electrons. The quantitative estimate of drug-likeness (QED) is 0.791. The van der Waals surface area contributed by atoms with Crippen LogP contribution in [0.3, 0.4) is 0 Å². The second-order valence-corrected chi connectivity index (χ2v) is 3.97. The number of benzene rings is 1. The zero-order valence-corrected chi connectivity index (χ0v) is 9.89. The molecular weight excluding hydrogens is 228 g/mol. The van der Waals surface area contributed by atoms with E-state index >= 15 is 0 Å². The average molecular weight is 242 g/mol. The van der Waals surface area contributed by atoms with E-state index in [0.717, 1.165) is 5.56 Å². The smallest absolute Gasteiger partial charge is 0.356 e. The standard InChI is InChI=1S/C14H14N2O2/c1-2-6-12-15-11(13(16-12)14(17)18)9-10-7-4-3-5-8-10/h2-5,7-8H,1,6,9H2,(H,15,16)(H,17,18). The Labute approximate surface area is 105 Å². The summed E-state index contributed by atoms with van der Waals surface area (Å²) < 4.78 is 0. The van der Waals surface area contributed by atoms with Gasteiger partial charge in [-0.15, -0.1) is 6.58 Å². The molecule has 0 radical (unpaired) electrons. The monoisotopic (exact) mass is 242 g/mol. The highest BCUT2D eigenvalue weighted by atomic mass is 16.4. The number of carbonyl (C=O) groups is 1. The summed E-state index contributed by atoms with van der Waals surface area (Å²) in [5.74, 6) is -0.374. The van der Waals surface area contributed by atoms with Crippen molar-refractivity contribution in [2.24, 2.45) is 0 Å². The van der Waals surface area contributed by atoms with E-state index in [1.54, 1.807) is 6.08 Å². The van der Waals surface area contributed by atoms with Gasteiger partial charge in [-0.25, -0.2) is 9.78 Å². The van der Waals surface area contributed by atoms with Crippen LogP contribution >= 0.6 is 0 Å². The number of hydrogen-bond acceptors (Lipinski definition) is 2. The number of carboxylic acid groups (broad SMARTS) is 1. The minimum absolute atomic E-state index is 0.0932. The van der Waals surface area contributed by atoms with Gasteiger partial charge < -0.3 is 10.1 Å². The molecule has 0 saturated heterocycles. The molecule has 0 aliphatic carbocycles. The van der Waals surface area contributed by atoms with E-state index in [-0.39, 0.29) is 5.69 Å². The molecule has 0 bridgehead atoms. The van der Waals surface area contributed by atoms with Crippen LogP contribution in [0.15, 0.2) is 43.0 Å². The topological polar surface area (TPSA) is 66.0 Å². The van der Waals surface area contributed by atoms with Crippen LogP contribution in [0, 0.1) is 0 Å². The van der Waals surface area contributed by atoms with Crippen molar-refractivity contribution >= 4 is 5.97 Å². The van der Waals surface area contributed by atoms with E-state index in [2.05, 4.69) is 16.5 Å². The third-order valence-corrected chi connectivity index (χ3v) is 2.59. The summed E-state index contributed by atoms with van der Waals surface area (Å²) in [6, 6.07) is 9.70. The van der Waals surface area contributed by atoms with Gasteiger partial charge in [0.15, 0.2) is 5.69 Å². The molecule has 2 N–H and O–H groups in total. The Bertz CT molecular complexity index is 558. The number of imidazole rings is 1. The van der Waals surface area contributed by atoms with E-state index in [4.69, 9.17) is 5.11 Å². The molecule has 0 aliphatic rings. The van der Waals surface area contributed by atoms with Crippen LogP contribution in [-0.4, -0.2) is 21.0 Å². The summed E-state index contributed by atoms with van der Waals surface area (Å²) in [6.07, 6.45) is 2.76. The van der Waals surface area contributed by atoms with E-state index in [0.29, 0.717) is 24.4 Å². The second-order valence-electron chi connectivity index (χ2n) is 3.97. The molecule has 4 heteroatoms. The Hall–Kier alpha value is -2.36. The zero-order chi connectivity index (χ0) is 13.0. The van der Waals surface area contributed by atoms with Gasteiger partial charge in [0, 0.05) is 12.8 Å². The fourth-order valence-corrected chi connectivity index (χ4v) is 1.80. The van der Waals surface area contributed by atoms with Crippen LogP contribution in [-0.2, 0) is 12.8 Å². The first-order valence-electron chi connectivity index (χ1n) is 5.66. The average Bonchev–Trinajstić information content (AvgIpc) is 2.74. The van der Waals surface area contributed by atoms with Crippen LogP contribution in [0.1, 0.15) is 27.6 Å². The molecule has 18 heavy (non-hydrogen) atoms. The van der Waals surface area contributed by atoms with Gasteiger partial charge in [0.25, 0.3) is 0 Å². The Balaban J connectivity index is 2.31. The lowest BCUT2D eigenvalue weighted by atomic mass is 10.1. The van der Waals surface area contributed by atoms with Crippen molar-refractivity contribution < 1.29 is 9.90 Å². The van der Waals surface area contributed by atoms with E-state index in [1.165, 1.54) is 0 Å². The van der Waals surface area contributed by atoms with Crippen molar-refractivity contribution in [1.82, 2.24) is 9.97 Å². The lowest BCUT2D eigenvalue weighted by molar-refractivity contribution is 0.0690. The number of nitrogens with zero attached hydrogens (tertiary/aromatic N) is 1. The molecule has 0 aliphatic heterocycles. The summed E-state index contributed by atoms with van der Waals surface area (Å²) in [5.41, 5.74) is 1.77. The molecule has 0 spiro atoms. The van der Waals surface area contributed by atoms with Crippen molar-refractivity contribution in [3.05, 3.63) is 65.8 Å². The third-order valence-electron chi connectivity index (χ3n) is 2.59. The molecule has 0 fully saturated rings. The maximum absolute atomic E-state index is 11.1. The van der Waals surface area contributed by atoms with Gasteiger partial charge in [-0.2, -0.15) is 0 Å². The Morgan fingerprint density at radius 1 is 1.39 bits per heavy atom.